The molecule has 4 rings (SSSR count). The third-order valence-corrected chi connectivity index (χ3v) is 6.47. The summed E-state index contributed by atoms with van der Waals surface area (Å²) in [6, 6.07) is 7.64. The number of ether oxygens (including phenoxy) is 1. The molecule has 8 heteroatoms. The van der Waals surface area contributed by atoms with Crippen LogP contribution in [0.25, 0.3) is 11.3 Å². The molecule has 4 heterocycles. The van der Waals surface area contributed by atoms with Gasteiger partial charge in [-0.25, -0.2) is 9.97 Å². The monoisotopic (exact) mass is 457 g/mol. The molecular weight excluding hydrogens is 426 g/mol. The molecule has 0 aromatic carbocycles. The summed E-state index contributed by atoms with van der Waals surface area (Å²) in [4.78, 5) is 21.6. The maximum atomic E-state index is 12.6. The minimum Gasteiger partial charge on any atom is -0.376 e. The molecule has 7 nitrogen and oxygen atoms in total. The van der Waals surface area contributed by atoms with Crippen LogP contribution < -0.4 is 16.0 Å². The Kier molecular flexibility index (Phi) is 7.60. The highest BCUT2D eigenvalue weighted by atomic mass is 35.5. The molecule has 2 aromatic rings. The summed E-state index contributed by atoms with van der Waals surface area (Å²) in [5.74, 6) is 1.80. The molecule has 2 aliphatic rings. The minimum atomic E-state index is -0.0362. The molecule has 0 aliphatic carbocycles. The van der Waals surface area contributed by atoms with Crippen molar-refractivity contribution in [3.63, 3.8) is 0 Å². The van der Waals surface area contributed by atoms with Crippen molar-refractivity contribution in [3.8, 4) is 11.3 Å². The van der Waals surface area contributed by atoms with Gasteiger partial charge < -0.3 is 20.7 Å². The van der Waals surface area contributed by atoms with E-state index in [9.17, 15) is 4.79 Å². The average molecular weight is 458 g/mol. The van der Waals surface area contributed by atoms with Gasteiger partial charge in [-0.2, -0.15) is 0 Å². The number of nitrogens with zero attached hydrogens (tertiary/aromatic N) is 2. The number of hydrogen-bond acceptors (Lipinski definition) is 6. The Hall–Kier alpha value is -2.22. The molecule has 3 N–H and O–H groups in total. The molecule has 0 spiro atoms. The number of piperidine rings is 1. The van der Waals surface area contributed by atoms with Gasteiger partial charge in [0.25, 0.3) is 0 Å². The zero-order valence-corrected chi connectivity index (χ0v) is 19.5. The summed E-state index contributed by atoms with van der Waals surface area (Å²) in [5.41, 5.74) is 1.49. The predicted molar refractivity (Wildman–Crippen MR) is 128 cm³/mol. The van der Waals surface area contributed by atoms with E-state index in [4.69, 9.17) is 21.3 Å². The van der Waals surface area contributed by atoms with E-state index in [1.807, 2.05) is 18.2 Å². The summed E-state index contributed by atoms with van der Waals surface area (Å²) in [6.07, 6.45) is 6.14. The first kappa shape index (κ1) is 23.0. The molecule has 4 atom stereocenters. The highest BCUT2D eigenvalue weighted by molar-refractivity contribution is 6.33. The molecule has 172 valence electrons. The van der Waals surface area contributed by atoms with E-state index >= 15 is 0 Å². The van der Waals surface area contributed by atoms with Gasteiger partial charge in [-0.15, -0.1) is 0 Å². The molecule has 1 unspecified atom stereocenters. The van der Waals surface area contributed by atoms with Gasteiger partial charge in [-0.3, -0.25) is 4.79 Å². The van der Waals surface area contributed by atoms with Crippen LogP contribution in [0, 0.1) is 11.8 Å². The third-order valence-electron chi connectivity index (χ3n) is 6.17. The van der Waals surface area contributed by atoms with Gasteiger partial charge in [-0.05, 0) is 70.2 Å². The largest absolute Gasteiger partial charge is 0.376 e. The van der Waals surface area contributed by atoms with Crippen molar-refractivity contribution >= 4 is 29.1 Å². The van der Waals surface area contributed by atoms with Crippen LogP contribution >= 0.6 is 11.6 Å². The van der Waals surface area contributed by atoms with Crippen LogP contribution in [-0.2, 0) is 9.53 Å². The van der Waals surface area contributed by atoms with Gasteiger partial charge in [0.15, 0.2) is 0 Å². The van der Waals surface area contributed by atoms with Gasteiger partial charge in [0.2, 0.25) is 5.91 Å². The Morgan fingerprint density at radius 3 is 2.81 bits per heavy atom. The maximum absolute atomic E-state index is 12.6. The number of hydrogen-bond donors (Lipinski definition) is 3. The van der Waals surface area contributed by atoms with Crippen LogP contribution in [0.15, 0.2) is 30.5 Å². The van der Waals surface area contributed by atoms with Gasteiger partial charge in [-0.1, -0.05) is 17.7 Å². The number of rotatable bonds is 6. The van der Waals surface area contributed by atoms with Crippen molar-refractivity contribution in [1.29, 1.82) is 0 Å². The Labute approximate surface area is 194 Å². The lowest BCUT2D eigenvalue weighted by Crippen LogP contribution is -2.37. The van der Waals surface area contributed by atoms with E-state index in [2.05, 4.69) is 34.8 Å². The predicted octanol–water partition coefficient (Wildman–Crippen LogP) is 4.35. The Bertz CT molecular complexity index is 924. The van der Waals surface area contributed by atoms with E-state index in [0.717, 1.165) is 55.8 Å². The molecule has 0 saturated carbocycles. The van der Waals surface area contributed by atoms with Crippen LogP contribution in [0.5, 0.6) is 0 Å². The van der Waals surface area contributed by atoms with Crippen molar-refractivity contribution in [3.05, 3.63) is 35.5 Å². The van der Waals surface area contributed by atoms with Crippen molar-refractivity contribution < 1.29 is 9.53 Å². The highest BCUT2D eigenvalue weighted by Crippen LogP contribution is 2.30. The Morgan fingerprint density at radius 2 is 2.06 bits per heavy atom. The van der Waals surface area contributed by atoms with Crippen molar-refractivity contribution in [2.75, 3.05) is 30.3 Å². The number of halogens is 1. The van der Waals surface area contributed by atoms with Crippen molar-refractivity contribution in [1.82, 2.24) is 15.3 Å². The Morgan fingerprint density at radius 1 is 1.25 bits per heavy atom. The third kappa shape index (κ3) is 5.97. The summed E-state index contributed by atoms with van der Waals surface area (Å²) in [5, 5.41) is 10.2. The Balaban J connectivity index is 1.43. The highest BCUT2D eigenvalue weighted by Gasteiger charge is 2.24. The fraction of sp³-hybridized carbons (Fsp3) is 0.542. The van der Waals surface area contributed by atoms with Crippen molar-refractivity contribution in [2.24, 2.45) is 11.8 Å². The molecule has 2 fully saturated rings. The number of pyridine rings is 2. The molecule has 2 saturated heterocycles. The second-order valence-electron chi connectivity index (χ2n) is 8.97. The molecule has 2 aromatic heterocycles. The zero-order valence-electron chi connectivity index (χ0n) is 18.7. The number of amides is 1. The summed E-state index contributed by atoms with van der Waals surface area (Å²) < 4.78 is 5.84. The van der Waals surface area contributed by atoms with Crippen LogP contribution in [0.1, 0.15) is 39.5 Å². The fourth-order valence-electron chi connectivity index (χ4n) is 4.65. The quantitative estimate of drug-likeness (QED) is 0.597. The lowest BCUT2D eigenvalue weighted by molar-refractivity contribution is -0.120. The van der Waals surface area contributed by atoms with Gasteiger partial charge >= 0.3 is 0 Å². The summed E-state index contributed by atoms with van der Waals surface area (Å²) in [7, 11) is 0. The standard InChI is InChI=1S/C24H32ClN5O2/c1-15-9-17(10-16(2)32-15)12-27-22-7-3-6-21(29-22)19-11-23(28-14-20(19)25)30-24(31)18-5-4-8-26-13-18/h3,6-7,11,14-18,26H,4-5,8-10,12-13H2,1-2H3,(H,27,29)(H,28,30,31)/t15-,16+,17?,18-/m1/s1. The van der Waals surface area contributed by atoms with Gasteiger partial charge in [0.1, 0.15) is 11.6 Å². The first-order valence-electron chi connectivity index (χ1n) is 11.5. The van der Waals surface area contributed by atoms with E-state index in [1.165, 1.54) is 0 Å². The van der Waals surface area contributed by atoms with Crippen LogP contribution in [-0.4, -0.2) is 47.7 Å². The smallest absolute Gasteiger partial charge is 0.229 e. The maximum Gasteiger partial charge on any atom is 0.229 e. The van der Waals surface area contributed by atoms with Gasteiger partial charge in [0, 0.05) is 24.8 Å². The lowest BCUT2D eigenvalue weighted by Gasteiger charge is -2.32. The number of carbonyl (C=O) groups is 1. The second kappa shape index (κ2) is 10.6. The van der Waals surface area contributed by atoms with Crippen LogP contribution in [0.2, 0.25) is 5.02 Å². The average Bonchev–Trinajstić information content (AvgIpc) is 2.79. The molecular formula is C24H32ClN5O2. The van der Waals surface area contributed by atoms with E-state index in [1.54, 1.807) is 12.3 Å². The topological polar surface area (TPSA) is 88.2 Å². The number of anilines is 2. The van der Waals surface area contributed by atoms with Gasteiger partial charge in [0.05, 0.1) is 28.8 Å². The zero-order chi connectivity index (χ0) is 22.5. The number of nitrogens with one attached hydrogen (secondary N) is 3. The molecule has 32 heavy (non-hydrogen) atoms. The lowest BCUT2D eigenvalue weighted by atomic mass is 9.92. The number of carbonyl (C=O) groups excluding carboxylic acids is 1. The fourth-order valence-corrected chi connectivity index (χ4v) is 4.85. The number of aromatic nitrogens is 2. The van der Waals surface area contributed by atoms with E-state index < -0.39 is 0 Å². The first-order chi connectivity index (χ1) is 15.5. The van der Waals surface area contributed by atoms with E-state index in [0.29, 0.717) is 35.5 Å². The SMILES string of the molecule is C[C@@H]1CC(CNc2cccc(-c3cc(NC(=O)[C@@H]4CCCNC4)ncc3Cl)n2)C[C@H](C)O1. The molecule has 2 aliphatic heterocycles. The summed E-state index contributed by atoms with van der Waals surface area (Å²) in [6.45, 7) is 6.79. The summed E-state index contributed by atoms with van der Waals surface area (Å²) >= 11 is 6.44. The van der Waals surface area contributed by atoms with Crippen LogP contribution in [0.4, 0.5) is 11.6 Å². The van der Waals surface area contributed by atoms with Crippen molar-refractivity contribution in [2.45, 2.75) is 51.7 Å². The first-order valence-corrected chi connectivity index (χ1v) is 11.9. The molecule has 0 bridgehead atoms. The van der Waals surface area contributed by atoms with E-state index in [-0.39, 0.29) is 11.8 Å². The normalized spacial score (nSPS) is 25.8. The minimum absolute atomic E-state index is 0.0127. The molecule has 1 amide bonds. The second-order valence-corrected chi connectivity index (χ2v) is 9.37. The molecule has 0 radical (unpaired) electrons. The van der Waals surface area contributed by atoms with Crippen LogP contribution in [0.3, 0.4) is 0 Å².